The second-order valence-corrected chi connectivity index (χ2v) is 10.4. The normalized spacial score (nSPS) is 14.6. The Morgan fingerprint density at radius 1 is 1.07 bits per heavy atom. The predicted molar refractivity (Wildman–Crippen MR) is 153 cm³/mol. The number of carbonyl (C=O) groups excluding carboxylic acids is 1. The Hall–Kier alpha value is -4.51. The largest absolute Gasteiger partial charge is 0.496 e. The maximum Gasteiger partial charge on any atom is 0.272 e. The summed E-state index contributed by atoms with van der Waals surface area (Å²) in [6.45, 7) is 0. The van der Waals surface area contributed by atoms with E-state index in [4.69, 9.17) is 26.2 Å². The number of pyridine rings is 1. The monoisotopic (exact) mass is 572 g/mol. The van der Waals surface area contributed by atoms with Crippen molar-refractivity contribution in [1.82, 2.24) is 40.7 Å². The summed E-state index contributed by atoms with van der Waals surface area (Å²) in [7, 11) is 3.19. The maximum absolute atomic E-state index is 13.9. The quantitative estimate of drug-likeness (QED) is 0.255. The topological polar surface area (TPSA) is 133 Å². The fourth-order valence-electron chi connectivity index (χ4n) is 5.63. The molecule has 3 aromatic heterocycles. The van der Waals surface area contributed by atoms with E-state index < -0.39 is 0 Å². The number of amides is 1. The fourth-order valence-corrected chi connectivity index (χ4v) is 5.79. The zero-order valence-corrected chi connectivity index (χ0v) is 23.4. The molecule has 1 aliphatic carbocycles. The summed E-state index contributed by atoms with van der Waals surface area (Å²) < 4.78 is 13.2. The van der Waals surface area contributed by atoms with Crippen LogP contribution in [-0.2, 0) is 0 Å². The van der Waals surface area contributed by atoms with E-state index in [1.54, 1.807) is 43.3 Å². The summed E-state index contributed by atoms with van der Waals surface area (Å²) >= 11 is 6.26. The highest BCUT2D eigenvalue weighted by Crippen LogP contribution is 2.40. The Labute approximate surface area is 241 Å². The number of ether oxygens (including phenoxy) is 2. The van der Waals surface area contributed by atoms with E-state index in [2.05, 4.69) is 30.9 Å². The number of methoxy groups -OCH3 is 2. The second kappa shape index (κ2) is 11.5. The predicted octanol–water partition coefficient (Wildman–Crippen LogP) is 5.32. The SMILES string of the molecule is COc1cccc(OC)c1-c1cc(C(=O)NC(c2nn[nH]n2)C2CCCCC2)nn1-c1ccnc2cc(Cl)ccc12. The molecular weight excluding hydrogens is 544 g/mol. The van der Waals surface area contributed by atoms with Crippen molar-refractivity contribution in [1.29, 1.82) is 0 Å². The highest BCUT2D eigenvalue weighted by molar-refractivity contribution is 6.31. The van der Waals surface area contributed by atoms with Gasteiger partial charge in [0.25, 0.3) is 5.91 Å². The van der Waals surface area contributed by atoms with Gasteiger partial charge in [0.1, 0.15) is 11.5 Å². The lowest BCUT2D eigenvalue weighted by atomic mass is 9.83. The number of tetrazole rings is 1. The van der Waals surface area contributed by atoms with Crippen molar-refractivity contribution in [3.05, 3.63) is 71.3 Å². The first kappa shape index (κ1) is 26.7. The molecule has 1 unspecified atom stereocenters. The molecule has 0 aliphatic heterocycles. The maximum atomic E-state index is 13.9. The lowest BCUT2D eigenvalue weighted by molar-refractivity contribution is 0.0903. The van der Waals surface area contributed by atoms with E-state index in [0.29, 0.717) is 39.1 Å². The molecule has 0 saturated heterocycles. The zero-order valence-electron chi connectivity index (χ0n) is 22.7. The Balaban J connectivity index is 1.49. The fraction of sp³-hybridized carbons (Fsp3) is 0.310. The van der Waals surface area contributed by atoms with Crippen LogP contribution < -0.4 is 14.8 Å². The van der Waals surface area contributed by atoms with Crippen molar-refractivity contribution in [2.45, 2.75) is 38.1 Å². The molecule has 0 spiro atoms. The zero-order chi connectivity index (χ0) is 28.3. The lowest BCUT2D eigenvalue weighted by Gasteiger charge is -2.28. The number of halogens is 1. The van der Waals surface area contributed by atoms with Gasteiger partial charge in [0.05, 0.1) is 42.7 Å². The van der Waals surface area contributed by atoms with Crippen molar-refractivity contribution < 1.29 is 14.3 Å². The number of rotatable bonds is 8. The average molecular weight is 573 g/mol. The molecule has 6 rings (SSSR count). The van der Waals surface area contributed by atoms with Crippen molar-refractivity contribution in [2.75, 3.05) is 14.2 Å². The number of H-pyrrole nitrogens is 1. The highest BCUT2D eigenvalue weighted by atomic mass is 35.5. The number of fused-ring (bicyclic) bond motifs is 1. The van der Waals surface area contributed by atoms with Gasteiger partial charge >= 0.3 is 0 Å². The molecule has 0 radical (unpaired) electrons. The van der Waals surface area contributed by atoms with Gasteiger partial charge in [-0.3, -0.25) is 9.78 Å². The minimum absolute atomic E-state index is 0.204. The Morgan fingerprint density at radius 3 is 2.56 bits per heavy atom. The number of nitrogens with zero attached hydrogens (tertiary/aromatic N) is 6. The van der Waals surface area contributed by atoms with Crippen molar-refractivity contribution in [3.63, 3.8) is 0 Å². The van der Waals surface area contributed by atoms with Crippen LogP contribution in [0.25, 0.3) is 27.8 Å². The number of nitrogens with one attached hydrogen (secondary N) is 2. The van der Waals surface area contributed by atoms with E-state index in [9.17, 15) is 4.79 Å². The Kier molecular flexibility index (Phi) is 7.51. The number of hydrogen-bond donors (Lipinski definition) is 2. The highest BCUT2D eigenvalue weighted by Gasteiger charge is 2.31. The first-order valence-electron chi connectivity index (χ1n) is 13.5. The van der Waals surface area contributed by atoms with E-state index >= 15 is 0 Å². The van der Waals surface area contributed by atoms with Gasteiger partial charge in [-0.05, 0) is 61.2 Å². The van der Waals surface area contributed by atoms with Crippen molar-refractivity contribution >= 4 is 28.4 Å². The summed E-state index contributed by atoms with van der Waals surface area (Å²) in [5.74, 6) is 1.47. The second-order valence-electron chi connectivity index (χ2n) is 9.97. The van der Waals surface area contributed by atoms with Gasteiger partial charge in [-0.2, -0.15) is 10.3 Å². The first-order chi connectivity index (χ1) is 20.1. The van der Waals surface area contributed by atoms with Gasteiger partial charge in [-0.1, -0.05) is 42.1 Å². The molecule has 1 saturated carbocycles. The van der Waals surface area contributed by atoms with Crippen molar-refractivity contribution in [3.8, 4) is 28.4 Å². The number of carbonyl (C=O) groups is 1. The number of aromatic nitrogens is 7. The van der Waals surface area contributed by atoms with Gasteiger partial charge in [-0.15, -0.1) is 10.2 Å². The van der Waals surface area contributed by atoms with Crippen LogP contribution in [0.5, 0.6) is 11.5 Å². The Bertz CT molecular complexity index is 1660. The van der Waals surface area contributed by atoms with Crippen LogP contribution in [0.2, 0.25) is 5.02 Å². The third kappa shape index (κ3) is 5.20. The first-order valence-corrected chi connectivity index (χ1v) is 13.9. The van der Waals surface area contributed by atoms with Crippen LogP contribution in [0, 0.1) is 5.92 Å². The molecule has 210 valence electrons. The van der Waals surface area contributed by atoms with Crippen molar-refractivity contribution in [2.24, 2.45) is 5.92 Å². The summed E-state index contributed by atoms with van der Waals surface area (Å²) in [6, 6.07) is 14.2. The van der Waals surface area contributed by atoms with Gasteiger partial charge in [-0.25, -0.2) is 4.68 Å². The van der Waals surface area contributed by atoms with Gasteiger partial charge < -0.3 is 14.8 Å². The number of aromatic amines is 1. The molecule has 1 fully saturated rings. The van der Waals surface area contributed by atoms with Crippen LogP contribution in [0.3, 0.4) is 0 Å². The van der Waals surface area contributed by atoms with Gasteiger partial charge in [0, 0.05) is 16.6 Å². The molecule has 1 amide bonds. The average Bonchev–Trinajstić information content (AvgIpc) is 3.70. The lowest BCUT2D eigenvalue weighted by Crippen LogP contribution is -2.35. The molecule has 11 nitrogen and oxygen atoms in total. The standard InChI is InChI=1S/C29H29ClN8O3/c1-40-24-9-6-10-25(41-2)26(24)23-16-21(35-38(23)22-13-14-31-20-15-18(30)11-12-19(20)22)29(39)32-27(28-33-36-37-34-28)17-7-4-3-5-8-17/h6,9-17,27H,3-5,7-8H2,1-2H3,(H,32,39)(H,33,34,36,37). The van der Waals surface area contributed by atoms with Crippen LogP contribution in [-0.4, -0.2) is 55.5 Å². The Morgan fingerprint density at radius 2 is 1.85 bits per heavy atom. The molecule has 1 atom stereocenters. The summed E-state index contributed by atoms with van der Waals surface area (Å²) in [6.07, 6.45) is 7.02. The third-order valence-corrected chi connectivity index (χ3v) is 7.82. The molecule has 5 aromatic rings. The number of benzene rings is 2. The molecule has 2 N–H and O–H groups in total. The molecule has 3 heterocycles. The molecule has 12 heteroatoms. The molecule has 41 heavy (non-hydrogen) atoms. The van der Waals surface area contributed by atoms with Crippen LogP contribution in [0.15, 0.2) is 54.7 Å². The number of hydrogen-bond acceptors (Lipinski definition) is 8. The van der Waals surface area contributed by atoms with Crippen LogP contribution in [0.1, 0.15) is 54.5 Å². The molecule has 2 aromatic carbocycles. The minimum atomic E-state index is -0.389. The van der Waals surface area contributed by atoms with Crippen LogP contribution >= 0.6 is 11.6 Å². The summed E-state index contributed by atoms with van der Waals surface area (Å²) in [5, 5.41) is 24.0. The molecule has 0 bridgehead atoms. The van der Waals surface area contributed by atoms with E-state index in [1.165, 1.54) is 6.42 Å². The van der Waals surface area contributed by atoms with Gasteiger partial charge in [0.2, 0.25) is 0 Å². The van der Waals surface area contributed by atoms with E-state index in [1.807, 2.05) is 30.3 Å². The summed E-state index contributed by atoms with van der Waals surface area (Å²) in [5.41, 5.74) is 2.90. The van der Waals surface area contributed by atoms with Crippen LogP contribution in [0.4, 0.5) is 0 Å². The summed E-state index contributed by atoms with van der Waals surface area (Å²) in [4.78, 5) is 18.4. The smallest absolute Gasteiger partial charge is 0.272 e. The molecular formula is C29H29ClN8O3. The third-order valence-electron chi connectivity index (χ3n) is 7.58. The minimum Gasteiger partial charge on any atom is -0.496 e. The molecule has 1 aliphatic rings. The van der Waals surface area contributed by atoms with Gasteiger partial charge in [0.15, 0.2) is 11.5 Å². The van der Waals surface area contributed by atoms with E-state index in [0.717, 1.165) is 36.8 Å². The van der Waals surface area contributed by atoms with E-state index in [-0.39, 0.29) is 23.6 Å².